The van der Waals surface area contributed by atoms with Crippen LogP contribution in [0.25, 0.3) is 0 Å². The minimum atomic E-state index is -1.11. The molecule has 0 unspecified atom stereocenters. The Hall–Kier alpha value is -5.38. The lowest BCUT2D eigenvalue weighted by atomic mass is 9.93. The number of hydrogen-bond donors (Lipinski definition) is 4. The maximum Gasteiger partial charge on any atom is 0.337 e. The standard InChI is InChI=1S/C34H34N4O6/c1-22-6-9-24(10-7-22)36-34(42)37-25-11-13-26(14-12-25)43-27-15-17-28(18-16-27)44-32-19-8-23(21-35-32)20-31(39)38-30-5-3-2-4-29(30)33(40)41/h2-10,15-19,21,25-26H,11-14,20H2,1H3,(H,38,39)(H,40,41)(H2,36,37,42). The van der Waals surface area contributed by atoms with E-state index in [1.807, 2.05) is 43.3 Å². The van der Waals surface area contributed by atoms with Crippen LogP contribution in [0.3, 0.4) is 0 Å². The topological polar surface area (TPSA) is 139 Å². The van der Waals surface area contributed by atoms with E-state index in [-0.39, 0.29) is 41.8 Å². The van der Waals surface area contributed by atoms with E-state index in [1.54, 1.807) is 48.7 Å². The molecule has 0 radical (unpaired) electrons. The number of aromatic carboxylic acids is 1. The van der Waals surface area contributed by atoms with Gasteiger partial charge in [-0.1, -0.05) is 35.9 Å². The van der Waals surface area contributed by atoms with Crippen LogP contribution in [0, 0.1) is 6.92 Å². The summed E-state index contributed by atoms with van der Waals surface area (Å²) in [5, 5.41) is 17.9. The van der Waals surface area contributed by atoms with Crippen LogP contribution in [-0.2, 0) is 11.2 Å². The fourth-order valence-corrected chi connectivity index (χ4v) is 4.95. The van der Waals surface area contributed by atoms with Gasteiger partial charge in [0.15, 0.2) is 0 Å². The number of nitrogens with one attached hydrogen (secondary N) is 3. The van der Waals surface area contributed by atoms with Crippen molar-refractivity contribution in [2.45, 2.75) is 51.2 Å². The molecule has 3 amide bonds. The van der Waals surface area contributed by atoms with Gasteiger partial charge in [0, 0.05) is 24.0 Å². The molecule has 10 heteroatoms. The summed E-state index contributed by atoms with van der Waals surface area (Å²) < 4.78 is 12.0. The molecule has 0 aliphatic heterocycles. The number of amides is 3. The molecule has 0 atom stereocenters. The van der Waals surface area contributed by atoms with Crippen LogP contribution < -0.4 is 25.4 Å². The first kappa shape index (κ1) is 30.1. The maximum atomic E-state index is 12.4. The summed E-state index contributed by atoms with van der Waals surface area (Å²) in [5.74, 6) is 0.244. The summed E-state index contributed by atoms with van der Waals surface area (Å²) in [6.45, 7) is 2.01. The van der Waals surface area contributed by atoms with E-state index in [2.05, 4.69) is 20.9 Å². The molecule has 10 nitrogen and oxygen atoms in total. The number of nitrogens with zero attached hydrogens (tertiary/aromatic N) is 1. The Kier molecular flexibility index (Phi) is 9.71. The molecule has 1 aliphatic carbocycles. The first-order valence-electron chi connectivity index (χ1n) is 14.5. The van der Waals surface area contributed by atoms with Crippen LogP contribution >= 0.6 is 0 Å². The molecule has 1 aromatic heterocycles. The van der Waals surface area contributed by atoms with Crippen molar-refractivity contribution in [3.63, 3.8) is 0 Å². The fourth-order valence-electron chi connectivity index (χ4n) is 4.95. The molecular formula is C34H34N4O6. The number of hydrogen-bond acceptors (Lipinski definition) is 6. The van der Waals surface area contributed by atoms with Crippen molar-refractivity contribution in [2.75, 3.05) is 10.6 Å². The number of urea groups is 1. The molecule has 5 rings (SSSR count). The Labute approximate surface area is 255 Å². The molecule has 0 saturated heterocycles. The van der Waals surface area contributed by atoms with Gasteiger partial charge >= 0.3 is 12.0 Å². The third-order valence-electron chi connectivity index (χ3n) is 7.26. The van der Waals surface area contributed by atoms with Crippen LogP contribution in [0.4, 0.5) is 16.2 Å². The van der Waals surface area contributed by atoms with E-state index in [0.29, 0.717) is 17.2 Å². The van der Waals surface area contributed by atoms with Gasteiger partial charge < -0.3 is 30.5 Å². The summed E-state index contributed by atoms with van der Waals surface area (Å²) in [6, 6.07) is 24.6. The van der Waals surface area contributed by atoms with Gasteiger partial charge in [-0.2, -0.15) is 0 Å². The number of carboxylic acid groups (broad SMARTS) is 1. The number of carbonyl (C=O) groups excluding carboxylic acids is 2. The first-order chi connectivity index (χ1) is 21.3. The Balaban J connectivity index is 1.04. The zero-order chi connectivity index (χ0) is 30.9. The monoisotopic (exact) mass is 594 g/mol. The normalized spacial score (nSPS) is 15.9. The Morgan fingerprint density at radius 2 is 1.55 bits per heavy atom. The van der Waals surface area contributed by atoms with Gasteiger partial charge in [0.1, 0.15) is 11.5 Å². The molecule has 1 fully saturated rings. The lowest BCUT2D eigenvalue weighted by Crippen LogP contribution is -2.41. The number of carbonyl (C=O) groups is 3. The number of benzene rings is 3. The quantitative estimate of drug-likeness (QED) is 0.163. The van der Waals surface area contributed by atoms with Crippen molar-refractivity contribution < 1.29 is 29.0 Å². The summed E-state index contributed by atoms with van der Waals surface area (Å²) in [7, 11) is 0. The Bertz CT molecular complexity index is 1580. The molecule has 0 spiro atoms. The van der Waals surface area contributed by atoms with E-state index < -0.39 is 5.97 Å². The number of carboxylic acids is 1. The summed E-state index contributed by atoms with van der Waals surface area (Å²) in [6.07, 6.45) is 5.02. The lowest BCUT2D eigenvalue weighted by Gasteiger charge is -2.29. The van der Waals surface area contributed by atoms with Gasteiger partial charge in [0.25, 0.3) is 0 Å². The van der Waals surface area contributed by atoms with Crippen LogP contribution in [0.5, 0.6) is 17.4 Å². The molecular weight excluding hydrogens is 560 g/mol. The number of anilines is 2. The summed E-state index contributed by atoms with van der Waals surface area (Å²) in [5.41, 5.74) is 2.84. The molecule has 1 aliphatic rings. The van der Waals surface area contributed by atoms with Crippen molar-refractivity contribution in [3.05, 3.63) is 108 Å². The molecule has 44 heavy (non-hydrogen) atoms. The molecule has 0 bridgehead atoms. The first-order valence-corrected chi connectivity index (χ1v) is 14.5. The van der Waals surface area contributed by atoms with E-state index in [4.69, 9.17) is 9.47 Å². The molecule has 226 valence electrons. The minimum absolute atomic E-state index is 0.0273. The number of pyridine rings is 1. The largest absolute Gasteiger partial charge is 0.490 e. The average molecular weight is 595 g/mol. The van der Waals surface area contributed by atoms with E-state index in [9.17, 15) is 19.5 Å². The van der Waals surface area contributed by atoms with Crippen LogP contribution in [0.2, 0.25) is 0 Å². The average Bonchev–Trinajstić information content (AvgIpc) is 3.01. The second kappa shape index (κ2) is 14.2. The van der Waals surface area contributed by atoms with Crippen LogP contribution in [-0.4, -0.2) is 40.1 Å². The van der Waals surface area contributed by atoms with Crippen molar-refractivity contribution in [1.29, 1.82) is 0 Å². The number of rotatable bonds is 10. The highest BCUT2D eigenvalue weighted by molar-refractivity contribution is 6.01. The Morgan fingerprint density at radius 3 is 2.23 bits per heavy atom. The van der Waals surface area contributed by atoms with Crippen molar-refractivity contribution in [3.8, 4) is 17.4 Å². The lowest BCUT2D eigenvalue weighted by molar-refractivity contribution is -0.115. The zero-order valence-corrected chi connectivity index (χ0v) is 24.3. The Morgan fingerprint density at radius 1 is 0.841 bits per heavy atom. The third kappa shape index (κ3) is 8.57. The van der Waals surface area contributed by atoms with Gasteiger partial charge in [0.05, 0.1) is 23.8 Å². The summed E-state index contributed by atoms with van der Waals surface area (Å²) >= 11 is 0. The number of aryl methyl sites for hydroxylation is 1. The number of aromatic nitrogens is 1. The zero-order valence-electron chi connectivity index (χ0n) is 24.3. The minimum Gasteiger partial charge on any atom is -0.490 e. The van der Waals surface area contributed by atoms with E-state index >= 15 is 0 Å². The predicted octanol–water partition coefficient (Wildman–Crippen LogP) is 6.57. The smallest absolute Gasteiger partial charge is 0.337 e. The van der Waals surface area contributed by atoms with Crippen LogP contribution in [0.15, 0.2) is 91.1 Å². The molecule has 3 aromatic carbocycles. The van der Waals surface area contributed by atoms with Gasteiger partial charge in [-0.25, -0.2) is 14.6 Å². The summed E-state index contributed by atoms with van der Waals surface area (Å²) in [4.78, 5) is 40.4. The SMILES string of the molecule is Cc1ccc(NC(=O)NC2CCC(Oc3ccc(Oc4ccc(CC(=O)Nc5ccccc5C(=O)O)cn4)cc3)CC2)cc1. The van der Waals surface area contributed by atoms with Crippen molar-refractivity contribution >= 4 is 29.3 Å². The van der Waals surface area contributed by atoms with E-state index in [1.165, 1.54) is 6.07 Å². The van der Waals surface area contributed by atoms with Gasteiger partial charge in [-0.3, -0.25) is 4.79 Å². The number of para-hydroxylation sites is 1. The molecule has 4 aromatic rings. The molecule has 1 saturated carbocycles. The van der Waals surface area contributed by atoms with Crippen LogP contribution in [0.1, 0.15) is 47.2 Å². The van der Waals surface area contributed by atoms with Gasteiger partial charge in [0.2, 0.25) is 11.8 Å². The molecule has 4 N–H and O–H groups in total. The van der Waals surface area contributed by atoms with Crippen molar-refractivity contribution in [1.82, 2.24) is 10.3 Å². The third-order valence-corrected chi connectivity index (χ3v) is 7.26. The number of ether oxygens (including phenoxy) is 2. The second-order valence-corrected chi connectivity index (χ2v) is 10.7. The van der Waals surface area contributed by atoms with E-state index in [0.717, 1.165) is 42.7 Å². The van der Waals surface area contributed by atoms with Crippen molar-refractivity contribution in [2.24, 2.45) is 0 Å². The maximum absolute atomic E-state index is 12.4. The van der Waals surface area contributed by atoms with Gasteiger partial charge in [-0.05, 0) is 86.7 Å². The second-order valence-electron chi connectivity index (χ2n) is 10.7. The van der Waals surface area contributed by atoms with Gasteiger partial charge in [-0.15, -0.1) is 0 Å². The molecule has 1 heterocycles. The highest BCUT2D eigenvalue weighted by Gasteiger charge is 2.24. The predicted molar refractivity (Wildman–Crippen MR) is 166 cm³/mol. The highest BCUT2D eigenvalue weighted by atomic mass is 16.5. The fraction of sp³-hybridized carbons (Fsp3) is 0.235. The highest BCUT2D eigenvalue weighted by Crippen LogP contribution is 2.27.